The van der Waals surface area contributed by atoms with E-state index >= 15 is 0 Å². The summed E-state index contributed by atoms with van der Waals surface area (Å²) in [5.41, 5.74) is 6.99. The monoisotopic (exact) mass is 516 g/mol. The number of esters is 1. The van der Waals surface area contributed by atoms with Crippen molar-refractivity contribution in [3.8, 4) is 0 Å². The molecule has 39 heavy (non-hydrogen) atoms. The lowest BCUT2D eigenvalue weighted by molar-refractivity contribution is -0.146. The van der Waals surface area contributed by atoms with Crippen molar-refractivity contribution < 1.29 is 9.53 Å². The third-order valence-corrected chi connectivity index (χ3v) is 6.50. The summed E-state index contributed by atoms with van der Waals surface area (Å²) in [6.07, 6.45) is 2.32. The molecule has 0 aliphatic rings. The number of H-pyrrole nitrogens is 1. The Morgan fingerprint density at radius 2 is 1.38 bits per heavy atom. The first kappa shape index (κ1) is 25.8. The summed E-state index contributed by atoms with van der Waals surface area (Å²) in [5, 5.41) is 7.80. The van der Waals surface area contributed by atoms with E-state index in [0.29, 0.717) is 12.4 Å². The number of aromatic amines is 1. The van der Waals surface area contributed by atoms with Crippen molar-refractivity contribution in [2.24, 2.45) is 4.99 Å². The molecule has 0 saturated carbocycles. The van der Waals surface area contributed by atoms with Gasteiger partial charge in [-0.25, -0.2) is 9.79 Å². The fraction of sp³-hybridized carbons (Fsp3) is 0.152. The van der Waals surface area contributed by atoms with E-state index in [9.17, 15) is 4.79 Å². The fourth-order valence-corrected chi connectivity index (χ4v) is 4.31. The smallest absolute Gasteiger partial charge is 0.331 e. The van der Waals surface area contributed by atoms with Crippen molar-refractivity contribution in [3.63, 3.8) is 0 Å². The molecule has 0 aliphatic heterocycles. The summed E-state index contributed by atoms with van der Waals surface area (Å²) >= 11 is 0. The van der Waals surface area contributed by atoms with Crippen molar-refractivity contribution in [2.75, 3.05) is 10.6 Å². The van der Waals surface area contributed by atoms with Crippen LogP contribution in [0.2, 0.25) is 0 Å². The molecule has 6 nitrogen and oxygen atoms in total. The van der Waals surface area contributed by atoms with Crippen molar-refractivity contribution in [1.29, 1.82) is 0 Å². The first-order valence-electron chi connectivity index (χ1n) is 13.0. The van der Waals surface area contributed by atoms with E-state index in [0.717, 1.165) is 44.5 Å². The molecule has 3 N–H and O–H groups in total. The van der Waals surface area contributed by atoms with Crippen LogP contribution in [0.4, 0.5) is 11.4 Å². The van der Waals surface area contributed by atoms with Crippen LogP contribution >= 0.6 is 0 Å². The van der Waals surface area contributed by atoms with Crippen molar-refractivity contribution in [1.82, 2.24) is 4.98 Å². The van der Waals surface area contributed by atoms with Gasteiger partial charge in [-0.1, -0.05) is 83.9 Å². The van der Waals surface area contributed by atoms with E-state index in [4.69, 9.17) is 9.73 Å². The predicted octanol–water partition coefficient (Wildman–Crippen LogP) is 7.02. The van der Waals surface area contributed by atoms with E-state index in [2.05, 4.69) is 15.6 Å². The highest BCUT2D eigenvalue weighted by molar-refractivity contribution is 6.04. The zero-order valence-corrected chi connectivity index (χ0v) is 22.1. The minimum absolute atomic E-state index is 0.186. The van der Waals surface area contributed by atoms with Crippen molar-refractivity contribution in [2.45, 2.75) is 32.9 Å². The number of aliphatic imine (C=N–C) groups is 1. The summed E-state index contributed by atoms with van der Waals surface area (Å²) < 4.78 is 5.77. The van der Waals surface area contributed by atoms with Gasteiger partial charge in [-0.05, 0) is 55.3 Å². The molecule has 0 aliphatic carbocycles. The van der Waals surface area contributed by atoms with E-state index in [1.165, 1.54) is 0 Å². The number of nitrogens with zero attached hydrogens (tertiary/aromatic N) is 1. The molecule has 0 fully saturated rings. The Kier molecular flexibility index (Phi) is 8.03. The Hall–Kier alpha value is -4.84. The largest absolute Gasteiger partial charge is 0.459 e. The third-order valence-electron chi connectivity index (χ3n) is 6.50. The van der Waals surface area contributed by atoms with Gasteiger partial charge in [-0.15, -0.1) is 0 Å². The predicted molar refractivity (Wildman–Crippen MR) is 159 cm³/mol. The minimum atomic E-state index is -0.779. The number of anilines is 2. The van der Waals surface area contributed by atoms with Gasteiger partial charge in [0.25, 0.3) is 0 Å². The Morgan fingerprint density at radius 3 is 2.03 bits per heavy atom. The van der Waals surface area contributed by atoms with Crippen LogP contribution in [0.5, 0.6) is 0 Å². The lowest BCUT2D eigenvalue weighted by Crippen LogP contribution is -2.30. The molecular weight excluding hydrogens is 484 g/mol. The van der Waals surface area contributed by atoms with E-state index in [1.54, 1.807) is 0 Å². The Balaban J connectivity index is 1.47. The summed E-state index contributed by atoms with van der Waals surface area (Å²) in [6, 6.07) is 33.0. The number of ether oxygens (including phenoxy) is 1. The number of guanidine groups is 1. The number of nitrogens with one attached hydrogen (secondary N) is 3. The molecule has 0 saturated heterocycles. The maximum atomic E-state index is 13.5. The Morgan fingerprint density at radius 1 is 0.795 bits per heavy atom. The van der Waals surface area contributed by atoms with Crippen LogP contribution in [0, 0.1) is 13.8 Å². The number of aromatic nitrogens is 1. The van der Waals surface area contributed by atoms with Crippen LogP contribution in [0.25, 0.3) is 10.9 Å². The maximum absolute atomic E-state index is 13.5. The highest BCUT2D eigenvalue weighted by Gasteiger charge is 2.23. The number of hydrogen-bond acceptors (Lipinski definition) is 3. The van der Waals surface area contributed by atoms with Gasteiger partial charge in [0.2, 0.25) is 5.96 Å². The van der Waals surface area contributed by atoms with Crippen molar-refractivity contribution in [3.05, 3.63) is 132 Å². The quantitative estimate of drug-likeness (QED) is 0.118. The van der Waals surface area contributed by atoms with Gasteiger partial charge in [-0.2, -0.15) is 0 Å². The maximum Gasteiger partial charge on any atom is 0.331 e. The molecule has 5 aromatic rings. The zero-order valence-electron chi connectivity index (χ0n) is 22.1. The van der Waals surface area contributed by atoms with Gasteiger partial charge in [0, 0.05) is 34.9 Å². The lowest BCUT2D eigenvalue weighted by atomic mass is 10.1. The van der Waals surface area contributed by atoms with Gasteiger partial charge in [0.1, 0.15) is 6.61 Å². The van der Waals surface area contributed by atoms with Crippen LogP contribution in [0.3, 0.4) is 0 Å². The van der Waals surface area contributed by atoms with E-state index in [1.807, 2.05) is 123 Å². The van der Waals surface area contributed by atoms with Crippen LogP contribution < -0.4 is 10.6 Å². The van der Waals surface area contributed by atoms with Gasteiger partial charge >= 0.3 is 5.97 Å². The average Bonchev–Trinajstić information content (AvgIpc) is 3.37. The zero-order chi connectivity index (χ0) is 27.0. The second-order valence-electron chi connectivity index (χ2n) is 9.63. The van der Waals surface area contributed by atoms with Crippen LogP contribution in [0.15, 0.2) is 114 Å². The first-order chi connectivity index (χ1) is 19.0. The molecule has 196 valence electrons. The fourth-order valence-electron chi connectivity index (χ4n) is 4.31. The van der Waals surface area contributed by atoms with Crippen molar-refractivity contribution >= 4 is 34.2 Å². The lowest BCUT2D eigenvalue weighted by Gasteiger charge is -2.18. The van der Waals surface area contributed by atoms with Crippen LogP contribution in [0.1, 0.15) is 22.3 Å². The Labute approximate surface area is 228 Å². The minimum Gasteiger partial charge on any atom is -0.459 e. The summed E-state index contributed by atoms with van der Waals surface area (Å²) in [7, 11) is 0. The molecule has 0 radical (unpaired) electrons. The second kappa shape index (κ2) is 12.1. The average molecular weight is 517 g/mol. The molecule has 6 heteroatoms. The number of benzene rings is 4. The molecule has 1 atom stereocenters. The highest BCUT2D eigenvalue weighted by atomic mass is 16.5. The molecule has 1 aromatic heterocycles. The molecule has 5 rings (SSSR count). The number of carbonyl (C=O) groups excluding carboxylic acids is 1. The standard InChI is InChI=1S/C33H32N4O2/c1-23-12-16-27(17-13-23)35-33(36-28-18-14-24(2)15-19-28)37-31(32(38)39-22-25-8-4-3-5-9-25)20-26-21-34-30-11-7-6-10-29(26)30/h3-19,21,31,34H,20,22H2,1-2H3,(H2,35,36,37). The molecule has 1 heterocycles. The van der Waals surface area contributed by atoms with Crippen LogP contribution in [-0.4, -0.2) is 23.0 Å². The molecular formula is C33H32N4O2. The molecule has 4 aromatic carbocycles. The molecule has 0 bridgehead atoms. The topological polar surface area (TPSA) is 78.5 Å². The summed E-state index contributed by atoms with van der Waals surface area (Å²) in [6.45, 7) is 4.28. The second-order valence-corrected chi connectivity index (χ2v) is 9.63. The molecule has 0 spiro atoms. The number of hydrogen-bond donors (Lipinski definition) is 3. The number of rotatable bonds is 8. The van der Waals surface area contributed by atoms with E-state index < -0.39 is 12.0 Å². The Bertz CT molecular complexity index is 1510. The number of para-hydroxylation sites is 1. The van der Waals surface area contributed by atoms with Gasteiger partial charge in [0.05, 0.1) is 0 Å². The SMILES string of the molecule is Cc1ccc(NC(=NC(Cc2c[nH]c3ccccc23)C(=O)OCc2ccccc2)Nc2ccc(C)cc2)cc1. The number of carbonyl (C=O) groups is 1. The van der Waals surface area contributed by atoms with Gasteiger partial charge < -0.3 is 20.4 Å². The van der Waals surface area contributed by atoms with Gasteiger partial charge in [0.15, 0.2) is 6.04 Å². The highest BCUT2D eigenvalue weighted by Crippen LogP contribution is 2.21. The first-order valence-corrected chi connectivity index (χ1v) is 13.0. The third kappa shape index (κ3) is 6.93. The molecule has 1 unspecified atom stereocenters. The summed E-state index contributed by atoms with van der Waals surface area (Å²) in [4.78, 5) is 21.7. The van der Waals surface area contributed by atoms with E-state index in [-0.39, 0.29) is 6.61 Å². The van der Waals surface area contributed by atoms with Gasteiger partial charge in [-0.3, -0.25) is 0 Å². The summed E-state index contributed by atoms with van der Waals surface area (Å²) in [5.74, 6) is 0.0715. The molecule has 0 amide bonds. The number of fused-ring (bicyclic) bond motifs is 1. The normalized spacial score (nSPS) is 11.5. The number of aryl methyl sites for hydroxylation is 2. The van der Waals surface area contributed by atoms with Crippen LogP contribution in [-0.2, 0) is 22.6 Å².